The zero-order valence-corrected chi connectivity index (χ0v) is 5.83. The van der Waals surface area contributed by atoms with Gasteiger partial charge in [0.15, 0.2) is 0 Å². The van der Waals surface area contributed by atoms with Crippen LogP contribution in [0.25, 0.3) is 0 Å². The van der Waals surface area contributed by atoms with Crippen molar-refractivity contribution in [1.82, 2.24) is 0 Å². The Morgan fingerprint density at radius 2 is 2.10 bits per heavy atom. The van der Waals surface area contributed by atoms with Gasteiger partial charge in [0, 0.05) is 0 Å². The summed E-state index contributed by atoms with van der Waals surface area (Å²) in [5.74, 6) is 0.203. The van der Waals surface area contributed by atoms with Gasteiger partial charge in [-0.1, -0.05) is 6.07 Å². The van der Waals surface area contributed by atoms with Crippen LogP contribution in [0, 0.1) is 6.92 Å². The first-order chi connectivity index (χ1) is 4.74. The fourth-order valence-corrected chi connectivity index (χ4v) is 0.828. The number of phenolic OH excluding ortho intramolecular Hbond substituents is 1. The molecule has 2 heteroatoms. The molecule has 0 radical (unpaired) electrons. The maximum atomic E-state index is 8.96. The Balaban J connectivity index is 3.09. The van der Waals surface area contributed by atoms with Crippen LogP contribution >= 0.6 is 0 Å². The fraction of sp³-hybridized carbons (Fsp3) is 0.250. The number of aliphatic hydroxyl groups is 1. The summed E-state index contributed by atoms with van der Waals surface area (Å²) in [5.41, 5.74) is 1.78. The van der Waals surface area contributed by atoms with Gasteiger partial charge in [-0.15, -0.1) is 0 Å². The molecule has 0 aliphatic rings. The van der Waals surface area contributed by atoms with Crippen molar-refractivity contribution >= 4 is 0 Å². The Labute approximate surface area is 59.7 Å². The number of benzene rings is 1. The second-order valence-corrected chi connectivity index (χ2v) is 2.27. The van der Waals surface area contributed by atoms with Crippen LogP contribution in [0.1, 0.15) is 11.1 Å². The summed E-state index contributed by atoms with van der Waals surface area (Å²) in [4.78, 5) is 0. The first-order valence-electron chi connectivity index (χ1n) is 3.13. The van der Waals surface area contributed by atoms with Gasteiger partial charge in [0.2, 0.25) is 0 Å². The molecule has 0 heterocycles. The third-order valence-electron chi connectivity index (χ3n) is 1.50. The first-order valence-corrected chi connectivity index (χ1v) is 3.13. The van der Waals surface area contributed by atoms with Gasteiger partial charge in [0.05, 0.1) is 6.61 Å². The fourth-order valence-electron chi connectivity index (χ4n) is 0.828. The molecule has 1 aromatic carbocycles. The molecule has 0 aliphatic heterocycles. The molecule has 0 saturated heterocycles. The van der Waals surface area contributed by atoms with Crippen molar-refractivity contribution in [2.45, 2.75) is 13.5 Å². The Morgan fingerprint density at radius 3 is 2.60 bits per heavy atom. The average molecular weight is 138 g/mol. The Hall–Kier alpha value is -1.02. The monoisotopic (exact) mass is 138 g/mol. The predicted octanol–water partition coefficient (Wildman–Crippen LogP) is 1.19. The van der Waals surface area contributed by atoms with Gasteiger partial charge in [-0.3, -0.25) is 0 Å². The maximum Gasteiger partial charge on any atom is 0.115 e. The quantitative estimate of drug-likeness (QED) is 0.612. The average Bonchev–Trinajstić information content (AvgIpc) is 1.94. The van der Waals surface area contributed by atoms with Crippen molar-refractivity contribution in [3.05, 3.63) is 29.3 Å². The zero-order valence-electron chi connectivity index (χ0n) is 5.83. The van der Waals surface area contributed by atoms with E-state index in [1.54, 1.807) is 18.2 Å². The molecule has 0 spiro atoms. The van der Waals surface area contributed by atoms with Gasteiger partial charge in [0.1, 0.15) is 5.75 Å². The molecule has 2 nitrogen and oxygen atoms in total. The smallest absolute Gasteiger partial charge is 0.115 e. The van der Waals surface area contributed by atoms with Crippen LogP contribution in [0.4, 0.5) is 0 Å². The number of hydrogen-bond acceptors (Lipinski definition) is 2. The molecule has 1 aromatic rings. The van der Waals surface area contributed by atoms with Crippen LogP contribution < -0.4 is 0 Å². The molecule has 0 aromatic heterocycles. The van der Waals surface area contributed by atoms with Crippen molar-refractivity contribution in [1.29, 1.82) is 0 Å². The molecule has 54 valence electrons. The molecule has 0 amide bonds. The largest absolute Gasteiger partial charge is 0.508 e. The topological polar surface area (TPSA) is 40.5 Å². The van der Waals surface area contributed by atoms with E-state index in [1.807, 2.05) is 6.92 Å². The van der Waals surface area contributed by atoms with E-state index in [-0.39, 0.29) is 12.4 Å². The van der Waals surface area contributed by atoms with Gasteiger partial charge in [0.25, 0.3) is 0 Å². The Bertz CT molecular complexity index is 231. The first kappa shape index (κ1) is 7.09. The highest BCUT2D eigenvalue weighted by molar-refractivity contribution is 5.33. The maximum absolute atomic E-state index is 8.96. The molecule has 1 rings (SSSR count). The number of hydrogen-bond donors (Lipinski definition) is 2. The Morgan fingerprint density at radius 1 is 1.40 bits per heavy atom. The lowest BCUT2D eigenvalue weighted by molar-refractivity contribution is 0.280. The van der Waals surface area contributed by atoms with Crippen LogP contribution in [0.2, 0.25) is 0 Å². The molecule has 2 N–H and O–H groups in total. The van der Waals surface area contributed by atoms with E-state index in [0.29, 0.717) is 0 Å². The van der Waals surface area contributed by atoms with Gasteiger partial charge in [-0.05, 0) is 30.2 Å². The summed E-state index contributed by atoms with van der Waals surface area (Å²) in [5, 5.41) is 17.7. The van der Waals surface area contributed by atoms with Gasteiger partial charge >= 0.3 is 0 Å². The minimum Gasteiger partial charge on any atom is -0.508 e. The van der Waals surface area contributed by atoms with Crippen LogP contribution in [-0.4, -0.2) is 10.2 Å². The molecule has 0 saturated carbocycles. The van der Waals surface area contributed by atoms with Crippen molar-refractivity contribution in [2.24, 2.45) is 0 Å². The molecular weight excluding hydrogens is 128 g/mol. The lowest BCUT2D eigenvalue weighted by atomic mass is 10.1. The van der Waals surface area contributed by atoms with Crippen LogP contribution in [-0.2, 0) is 6.61 Å². The lowest BCUT2D eigenvalue weighted by Crippen LogP contribution is -1.86. The van der Waals surface area contributed by atoms with Crippen LogP contribution in [0.15, 0.2) is 18.2 Å². The van der Waals surface area contributed by atoms with Crippen LogP contribution in [0.3, 0.4) is 0 Å². The van der Waals surface area contributed by atoms with Crippen molar-refractivity contribution < 1.29 is 10.2 Å². The summed E-state index contributed by atoms with van der Waals surface area (Å²) in [7, 11) is 0. The number of aryl methyl sites for hydroxylation is 1. The highest BCUT2D eigenvalue weighted by Gasteiger charge is 1.96. The Kier molecular flexibility index (Phi) is 1.92. The van der Waals surface area contributed by atoms with Gasteiger partial charge in [-0.2, -0.15) is 0 Å². The number of aliphatic hydroxyl groups excluding tert-OH is 1. The highest BCUT2D eigenvalue weighted by Crippen LogP contribution is 2.15. The van der Waals surface area contributed by atoms with Crippen molar-refractivity contribution in [3.63, 3.8) is 0 Å². The van der Waals surface area contributed by atoms with Crippen molar-refractivity contribution in [2.75, 3.05) is 0 Å². The summed E-state index contributed by atoms with van der Waals surface area (Å²) in [6, 6.07) is 4.95. The lowest BCUT2D eigenvalue weighted by Gasteiger charge is -2.00. The number of aromatic hydroxyl groups is 1. The molecule has 0 fully saturated rings. The summed E-state index contributed by atoms with van der Waals surface area (Å²) < 4.78 is 0. The highest BCUT2D eigenvalue weighted by atomic mass is 16.3. The van der Waals surface area contributed by atoms with E-state index >= 15 is 0 Å². The number of phenols is 1. The van der Waals surface area contributed by atoms with Gasteiger partial charge in [-0.25, -0.2) is 0 Å². The predicted molar refractivity (Wildman–Crippen MR) is 38.8 cm³/mol. The molecule has 0 bridgehead atoms. The summed E-state index contributed by atoms with van der Waals surface area (Å²) >= 11 is 0. The minimum atomic E-state index is -0.0137. The minimum absolute atomic E-state index is 0.0137. The standard InChI is InChI=1S/C8H10O2/c1-6-2-3-8(10)4-7(6)5-9/h2-4,9-10H,5H2,1H3. The normalized spacial score (nSPS) is 9.80. The molecule has 0 unspecified atom stereocenters. The van der Waals surface area contributed by atoms with E-state index in [1.165, 1.54) is 0 Å². The third-order valence-corrected chi connectivity index (χ3v) is 1.50. The van der Waals surface area contributed by atoms with E-state index < -0.39 is 0 Å². The molecule has 0 atom stereocenters. The SMILES string of the molecule is Cc1ccc(O)cc1CO. The number of rotatable bonds is 1. The zero-order chi connectivity index (χ0) is 7.56. The van der Waals surface area contributed by atoms with Crippen LogP contribution in [0.5, 0.6) is 5.75 Å². The third kappa shape index (κ3) is 1.28. The summed E-state index contributed by atoms with van der Waals surface area (Å²) in [6.45, 7) is 1.88. The summed E-state index contributed by atoms with van der Waals surface area (Å²) in [6.07, 6.45) is 0. The van der Waals surface area contributed by atoms with Gasteiger partial charge < -0.3 is 10.2 Å². The van der Waals surface area contributed by atoms with Crippen molar-refractivity contribution in [3.8, 4) is 5.75 Å². The second kappa shape index (κ2) is 2.71. The molecular formula is C8H10O2. The molecule has 0 aliphatic carbocycles. The molecule has 10 heavy (non-hydrogen) atoms. The van der Waals surface area contributed by atoms with E-state index in [2.05, 4.69) is 0 Å². The van der Waals surface area contributed by atoms with E-state index in [4.69, 9.17) is 10.2 Å². The second-order valence-electron chi connectivity index (χ2n) is 2.27. The van der Waals surface area contributed by atoms with E-state index in [9.17, 15) is 0 Å². The van der Waals surface area contributed by atoms with E-state index in [0.717, 1.165) is 11.1 Å².